The highest BCUT2D eigenvalue weighted by Crippen LogP contribution is 2.36. The maximum absolute atomic E-state index is 13.4. The van der Waals surface area contributed by atoms with E-state index in [2.05, 4.69) is 27.0 Å². The van der Waals surface area contributed by atoms with Gasteiger partial charge in [0.1, 0.15) is 4.83 Å². The zero-order chi connectivity index (χ0) is 18.6. The maximum atomic E-state index is 13.4. The van der Waals surface area contributed by atoms with Gasteiger partial charge in [-0.1, -0.05) is 15.9 Å². The fraction of sp³-hybridized carbons (Fsp3) is 0.316. The van der Waals surface area contributed by atoms with Crippen LogP contribution in [0.15, 0.2) is 27.7 Å². The van der Waals surface area contributed by atoms with E-state index in [1.165, 1.54) is 27.8 Å². The summed E-state index contributed by atoms with van der Waals surface area (Å²) in [6.07, 6.45) is 3.40. The summed E-state index contributed by atoms with van der Waals surface area (Å²) in [5.41, 5.74) is 3.88. The Morgan fingerprint density at radius 1 is 1.31 bits per heavy atom. The van der Waals surface area contributed by atoms with Gasteiger partial charge in [0.2, 0.25) is 0 Å². The summed E-state index contributed by atoms with van der Waals surface area (Å²) in [5, 5.41) is 0.549. The lowest BCUT2D eigenvalue weighted by Crippen LogP contribution is -2.36. The second-order valence-corrected chi connectivity index (χ2v) is 8.60. The van der Waals surface area contributed by atoms with Gasteiger partial charge < -0.3 is 9.47 Å². The topological polar surface area (TPSA) is 55.2 Å². The van der Waals surface area contributed by atoms with E-state index in [0.717, 1.165) is 34.1 Å². The number of carbonyl (C=O) groups excluding carboxylic acids is 1. The molecule has 134 valence electrons. The third-order valence-electron chi connectivity index (χ3n) is 4.89. The van der Waals surface area contributed by atoms with Crippen LogP contribution in [0.25, 0.3) is 10.2 Å². The molecule has 3 heterocycles. The summed E-state index contributed by atoms with van der Waals surface area (Å²) in [5.74, 6) is -0.0427. The number of fused-ring (bicyclic) bond motifs is 2. The van der Waals surface area contributed by atoms with Crippen LogP contribution in [0.4, 0.5) is 5.69 Å². The van der Waals surface area contributed by atoms with Gasteiger partial charge in [0.25, 0.3) is 11.5 Å². The summed E-state index contributed by atoms with van der Waals surface area (Å²) < 4.78 is 2.49. The number of thiophene rings is 1. The Morgan fingerprint density at radius 3 is 2.85 bits per heavy atom. The number of hydrogen-bond acceptors (Lipinski definition) is 4. The van der Waals surface area contributed by atoms with Gasteiger partial charge in [-0.3, -0.25) is 9.59 Å². The first-order valence-corrected chi connectivity index (χ1v) is 10.0. The van der Waals surface area contributed by atoms with Crippen molar-refractivity contribution in [3.8, 4) is 0 Å². The van der Waals surface area contributed by atoms with E-state index in [9.17, 15) is 9.59 Å². The second kappa shape index (κ2) is 6.32. The van der Waals surface area contributed by atoms with E-state index in [4.69, 9.17) is 0 Å². The molecule has 1 amide bonds. The van der Waals surface area contributed by atoms with E-state index >= 15 is 0 Å². The highest BCUT2D eigenvalue weighted by Gasteiger charge is 2.29. The highest BCUT2D eigenvalue weighted by molar-refractivity contribution is 9.10. The molecule has 1 aliphatic heterocycles. The maximum Gasteiger partial charge on any atom is 0.268 e. The quantitative estimate of drug-likeness (QED) is 0.585. The molecule has 0 saturated heterocycles. The number of amides is 1. The number of carbonyl (C=O) groups is 1. The van der Waals surface area contributed by atoms with Gasteiger partial charge in [-0.05, 0) is 55.5 Å². The van der Waals surface area contributed by atoms with Crippen LogP contribution >= 0.6 is 27.3 Å². The number of rotatable bonds is 1. The van der Waals surface area contributed by atoms with E-state index < -0.39 is 0 Å². The van der Waals surface area contributed by atoms with Gasteiger partial charge >= 0.3 is 0 Å². The fourth-order valence-electron chi connectivity index (χ4n) is 3.66. The van der Waals surface area contributed by atoms with Gasteiger partial charge in [-0.15, -0.1) is 11.3 Å². The molecule has 7 heteroatoms. The normalized spacial score (nSPS) is 13.9. The molecule has 0 saturated carbocycles. The number of nitrogens with zero attached hydrogens (tertiary/aromatic N) is 3. The van der Waals surface area contributed by atoms with Crippen LogP contribution in [0.3, 0.4) is 0 Å². The molecule has 0 fully saturated rings. The van der Waals surface area contributed by atoms with Gasteiger partial charge in [-0.2, -0.15) is 0 Å². The molecule has 1 aromatic carbocycles. The minimum Gasteiger partial charge on any atom is -0.307 e. The van der Waals surface area contributed by atoms with Crippen LogP contribution in [0.2, 0.25) is 0 Å². The Morgan fingerprint density at radius 2 is 2.08 bits per heavy atom. The summed E-state index contributed by atoms with van der Waals surface area (Å²) in [4.78, 5) is 33.2. The Bertz CT molecular complexity index is 1120. The van der Waals surface area contributed by atoms with Crippen LogP contribution in [-0.2, 0) is 13.5 Å². The molecular formula is C19H18BrN3O2S. The number of anilines is 1. The Labute approximate surface area is 163 Å². The lowest BCUT2D eigenvalue weighted by atomic mass is 9.98. The standard InChI is InChI=1S/C19H18BrN3O2S/c1-10-7-13(20)8-12-5-4-6-23(15(10)12)19(25)16-11(2)14-17(26-16)21-9-22(3)18(14)24/h7-9H,4-6H2,1-3H3. The molecule has 26 heavy (non-hydrogen) atoms. The molecule has 4 rings (SSSR count). The first-order chi connectivity index (χ1) is 12.4. The molecule has 5 nitrogen and oxygen atoms in total. The zero-order valence-electron chi connectivity index (χ0n) is 14.8. The molecule has 0 radical (unpaired) electrons. The summed E-state index contributed by atoms with van der Waals surface area (Å²) in [6.45, 7) is 4.56. The first-order valence-electron chi connectivity index (χ1n) is 8.44. The summed E-state index contributed by atoms with van der Waals surface area (Å²) in [7, 11) is 1.68. The van der Waals surface area contributed by atoms with Crippen molar-refractivity contribution in [3.05, 3.63) is 54.9 Å². The molecule has 0 atom stereocenters. The molecular weight excluding hydrogens is 414 g/mol. The largest absolute Gasteiger partial charge is 0.307 e. The lowest BCUT2D eigenvalue weighted by molar-refractivity contribution is 0.0988. The van der Waals surface area contributed by atoms with E-state index in [1.54, 1.807) is 7.05 Å². The number of hydrogen-bond donors (Lipinski definition) is 0. The minimum absolute atomic E-state index is 0.0427. The molecule has 1 aliphatic rings. The first kappa shape index (κ1) is 17.4. The number of halogens is 1. The van der Waals surface area contributed by atoms with Gasteiger partial charge in [0.15, 0.2) is 0 Å². The van der Waals surface area contributed by atoms with Gasteiger partial charge in [0.05, 0.1) is 22.3 Å². The lowest BCUT2D eigenvalue weighted by Gasteiger charge is -2.31. The van der Waals surface area contributed by atoms with E-state index in [1.807, 2.05) is 24.8 Å². The van der Waals surface area contributed by atoms with Gasteiger partial charge in [0, 0.05) is 18.1 Å². The Balaban J connectivity index is 1.86. The number of benzene rings is 1. The van der Waals surface area contributed by atoms with Crippen molar-refractivity contribution in [1.29, 1.82) is 0 Å². The van der Waals surface area contributed by atoms with Crippen molar-refractivity contribution in [1.82, 2.24) is 9.55 Å². The Hall–Kier alpha value is -1.99. The second-order valence-electron chi connectivity index (χ2n) is 6.69. The van der Waals surface area contributed by atoms with Crippen molar-refractivity contribution >= 4 is 49.1 Å². The average molecular weight is 432 g/mol. The molecule has 2 aromatic heterocycles. The van der Waals surface area contributed by atoms with Crippen LogP contribution < -0.4 is 10.5 Å². The molecule has 3 aromatic rings. The van der Waals surface area contributed by atoms with Crippen molar-refractivity contribution in [2.75, 3.05) is 11.4 Å². The molecule has 0 spiro atoms. The Kier molecular flexibility index (Phi) is 4.23. The van der Waals surface area contributed by atoms with Crippen molar-refractivity contribution in [3.63, 3.8) is 0 Å². The monoisotopic (exact) mass is 431 g/mol. The van der Waals surface area contributed by atoms with E-state index in [0.29, 0.717) is 21.6 Å². The van der Waals surface area contributed by atoms with Gasteiger partial charge in [-0.25, -0.2) is 4.98 Å². The van der Waals surface area contributed by atoms with Crippen LogP contribution in [-0.4, -0.2) is 22.0 Å². The van der Waals surface area contributed by atoms with Crippen molar-refractivity contribution in [2.45, 2.75) is 26.7 Å². The number of aromatic nitrogens is 2. The fourth-order valence-corrected chi connectivity index (χ4v) is 5.37. The zero-order valence-corrected chi connectivity index (χ0v) is 17.2. The van der Waals surface area contributed by atoms with Crippen molar-refractivity contribution < 1.29 is 4.79 Å². The summed E-state index contributed by atoms with van der Waals surface area (Å²) in [6, 6.07) is 4.14. The molecule has 0 bridgehead atoms. The van der Waals surface area contributed by atoms with Crippen LogP contribution in [0, 0.1) is 13.8 Å². The minimum atomic E-state index is -0.109. The average Bonchev–Trinajstić information content (AvgIpc) is 2.94. The third-order valence-corrected chi connectivity index (χ3v) is 6.54. The predicted octanol–water partition coefficient (Wildman–Crippen LogP) is 3.97. The van der Waals surface area contributed by atoms with Crippen molar-refractivity contribution in [2.24, 2.45) is 7.05 Å². The predicted molar refractivity (Wildman–Crippen MR) is 108 cm³/mol. The summed E-state index contributed by atoms with van der Waals surface area (Å²) >= 11 is 4.85. The van der Waals surface area contributed by atoms with Crippen LogP contribution in [0.5, 0.6) is 0 Å². The molecule has 0 unspecified atom stereocenters. The SMILES string of the molecule is Cc1cc(Br)cc2c1N(C(=O)c1sc3ncn(C)c(=O)c3c1C)CCC2. The highest BCUT2D eigenvalue weighted by atomic mass is 79.9. The third kappa shape index (κ3) is 2.61. The van der Waals surface area contributed by atoms with Crippen LogP contribution in [0.1, 0.15) is 32.8 Å². The smallest absolute Gasteiger partial charge is 0.268 e. The number of aryl methyl sites for hydroxylation is 4. The molecule has 0 N–H and O–H groups in total. The van der Waals surface area contributed by atoms with E-state index in [-0.39, 0.29) is 11.5 Å². The molecule has 0 aliphatic carbocycles.